The Kier molecular flexibility index (Phi) is 9.44. The number of fused-ring (bicyclic) bond motifs is 1. The Hall–Kier alpha value is -3.98. The highest BCUT2D eigenvalue weighted by molar-refractivity contribution is 7.18. The fraction of sp³-hybridized carbons (Fsp3) is 0.407. The van der Waals surface area contributed by atoms with Crippen molar-refractivity contribution in [1.29, 1.82) is 0 Å². The van der Waals surface area contributed by atoms with Gasteiger partial charge in [0.25, 0.3) is 5.91 Å². The number of carbonyl (C=O) groups is 3. The maximum absolute atomic E-state index is 14.3. The van der Waals surface area contributed by atoms with E-state index in [0.717, 1.165) is 11.3 Å². The number of hydrogen-bond donors (Lipinski definition) is 2. The number of carbonyl (C=O) groups excluding carboxylic acids is 3. The summed E-state index contributed by atoms with van der Waals surface area (Å²) in [6, 6.07) is 1.70. The molecular formula is C27H28ClF3N4O7S. The lowest BCUT2D eigenvalue weighted by Gasteiger charge is -2.33. The number of anilines is 2. The summed E-state index contributed by atoms with van der Waals surface area (Å²) in [6.45, 7) is 4.76. The van der Waals surface area contributed by atoms with Crippen LogP contribution in [-0.2, 0) is 9.47 Å². The summed E-state index contributed by atoms with van der Waals surface area (Å²) < 4.78 is 64.1. The second-order valence-electron chi connectivity index (χ2n) is 9.22. The van der Waals surface area contributed by atoms with Crippen LogP contribution in [-0.4, -0.2) is 61.2 Å². The highest BCUT2D eigenvalue weighted by Gasteiger charge is 2.48. The van der Waals surface area contributed by atoms with Crippen molar-refractivity contribution in [1.82, 2.24) is 9.78 Å². The van der Waals surface area contributed by atoms with Crippen LogP contribution in [0.2, 0.25) is 5.02 Å². The van der Waals surface area contributed by atoms with Gasteiger partial charge in [0.2, 0.25) is 0 Å². The van der Waals surface area contributed by atoms with E-state index in [1.165, 1.54) is 21.1 Å². The molecule has 3 heterocycles. The number of amides is 1. The van der Waals surface area contributed by atoms with Crippen molar-refractivity contribution in [3.8, 4) is 11.5 Å². The summed E-state index contributed by atoms with van der Waals surface area (Å²) in [7, 11) is 2.84. The minimum absolute atomic E-state index is 0.0155. The van der Waals surface area contributed by atoms with Gasteiger partial charge in [0.15, 0.2) is 23.2 Å². The van der Waals surface area contributed by atoms with Gasteiger partial charge in [-0.05, 0) is 44.0 Å². The van der Waals surface area contributed by atoms with Gasteiger partial charge in [0.05, 0.1) is 39.0 Å². The molecule has 1 aliphatic heterocycles. The Balaban J connectivity index is 1.73. The van der Waals surface area contributed by atoms with Crippen molar-refractivity contribution in [2.24, 2.45) is 0 Å². The molecule has 2 aromatic heterocycles. The van der Waals surface area contributed by atoms with Crippen molar-refractivity contribution in [3.63, 3.8) is 0 Å². The van der Waals surface area contributed by atoms with E-state index in [2.05, 4.69) is 15.7 Å². The van der Waals surface area contributed by atoms with E-state index in [1.807, 2.05) is 0 Å². The maximum Gasteiger partial charge on any atom is 0.410 e. The molecule has 1 amide bonds. The number of ether oxygens (including phenoxy) is 4. The van der Waals surface area contributed by atoms with Crippen LogP contribution in [0.5, 0.6) is 11.5 Å². The molecule has 1 aromatic carbocycles. The van der Waals surface area contributed by atoms with Gasteiger partial charge in [0, 0.05) is 6.42 Å². The normalized spacial score (nSPS) is 16.1. The number of methoxy groups -OCH3 is 2. The molecule has 0 radical (unpaired) electrons. The minimum Gasteiger partial charge on any atom is -0.493 e. The average Bonchev–Trinajstić information content (AvgIpc) is 3.47. The molecule has 232 valence electrons. The van der Waals surface area contributed by atoms with Crippen LogP contribution in [0.1, 0.15) is 74.0 Å². The Morgan fingerprint density at radius 2 is 1.77 bits per heavy atom. The fourth-order valence-corrected chi connectivity index (χ4v) is 5.98. The van der Waals surface area contributed by atoms with Crippen molar-refractivity contribution in [3.05, 3.63) is 50.5 Å². The van der Waals surface area contributed by atoms with Crippen LogP contribution < -0.4 is 20.1 Å². The lowest BCUT2D eigenvalue weighted by molar-refractivity contribution is -0.173. The number of hydrogen-bond acceptors (Lipinski definition) is 10. The maximum atomic E-state index is 14.3. The van der Waals surface area contributed by atoms with Crippen molar-refractivity contribution < 1.29 is 46.5 Å². The zero-order chi connectivity index (χ0) is 31.6. The SMILES string of the molecule is CCOC(=O)c1sc(NC(=O)c2nn3c(c2Cl)N[C@@H](c2ccc(OC)c(OC)c2)C[C@@H]3C(F)(F)F)c(C(=O)OCC)c1C. The quantitative estimate of drug-likeness (QED) is 0.262. The number of aromatic nitrogens is 2. The molecule has 2 N–H and O–H groups in total. The van der Waals surface area contributed by atoms with E-state index >= 15 is 0 Å². The molecule has 0 saturated carbocycles. The number of rotatable bonds is 9. The van der Waals surface area contributed by atoms with Gasteiger partial charge in [-0.1, -0.05) is 17.7 Å². The topological polar surface area (TPSA) is 130 Å². The first kappa shape index (κ1) is 31.9. The molecular weight excluding hydrogens is 617 g/mol. The van der Waals surface area contributed by atoms with Gasteiger partial charge < -0.3 is 29.6 Å². The molecule has 1 aliphatic rings. The predicted octanol–water partition coefficient (Wildman–Crippen LogP) is 6.19. The summed E-state index contributed by atoms with van der Waals surface area (Å²) in [6.07, 6.45) is -5.21. The summed E-state index contributed by atoms with van der Waals surface area (Å²) >= 11 is 7.24. The van der Waals surface area contributed by atoms with Gasteiger partial charge in [-0.25, -0.2) is 14.3 Å². The van der Waals surface area contributed by atoms with Gasteiger partial charge >= 0.3 is 18.1 Å². The molecule has 0 unspecified atom stereocenters. The van der Waals surface area contributed by atoms with Crippen LogP contribution in [0.15, 0.2) is 18.2 Å². The monoisotopic (exact) mass is 644 g/mol. The minimum atomic E-state index is -4.74. The zero-order valence-electron chi connectivity index (χ0n) is 23.7. The third-order valence-electron chi connectivity index (χ3n) is 6.63. The second-order valence-corrected chi connectivity index (χ2v) is 10.6. The number of benzene rings is 1. The molecule has 0 aliphatic carbocycles. The van der Waals surface area contributed by atoms with Crippen LogP contribution in [0.3, 0.4) is 0 Å². The number of nitrogens with zero attached hydrogens (tertiary/aromatic N) is 2. The third-order valence-corrected chi connectivity index (χ3v) is 8.18. The average molecular weight is 645 g/mol. The summed E-state index contributed by atoms with van der Waals surface area (Å²) in [4.78, 5) is 38.6. The Morgan fingerprint density at radius 1 is 1.12 bits per heavy atom. The van der Waals surface area contributed by atoms with E-state index in [4.69, 9.17) is 30.5 Å². The first-order valence-corrected chi connectivity index (χ1v) is 14.2. The molecule has 0 bridgehead atoms. The summed E-state index contributed by atoms with van der Waals surface area (Å²) in [5, 5.41) is 8.92. The van der Waals surface area contributed by atoms with Crippen LogP contribution in [0, 0.1) is 6.92 Å². The largest absolute Gasteiger partial charge is 0.493 e. The summed E-state index contributed by atoms with van der Waals surface area (Å²) in [5.74, 6) is -2.03. The first-order valence-electron chi connectivity index (χ1n) is 13.0. The van der Waals surface area contributed by atoms with Crippen LogP contribution in [0.25, 0.3) is 0 Å². The van der Waals surface area contributed by atoms with E-state index in [1.54, 1.807) is 32.0 Å². The van der Waals surface area contributed by atoms with E-state index < -0.39 is 48.2 Å². The van der Waals surface area contributed by atoms with Crippen molar-refractivity contribution >= 4 is 51.6 Å². The molecule has 3 aromatic rings. The zero-order valence-corrected chi connectivity index (χ0v) is 25.3. The molecule has 11 nitrogen and oxygen atoms in total. The lowest BCUT2D eigenvalue weighted by Crippen LogP contribution is -2.35. The van der Waals surface area contributed by atoms with Gasteiger partial charge in [0.1, 0.15) is 20.7 Å². The number of esters is 2. The number of thiophene rings is 1. The number of alkyl halides is 3. The Bertz CT molecular complexity index is 1560. The van der Waals surface area contributed by atoms with E-state index in [9.17, 15) is 27.6 Å². The fourth-order valence-electron chi connectivity index (χ4n) is 4.63. The van der Waals surface area contributed by atoms with Crippen LogP contribution in [0.4, 0.5) is 24.0 Å². The van der Waals surface area contributed by atoms with Gasteiger partial charge in [-0.15, -0.1) is 11.3 Å². The van der Waals surface area contributed by atoms with E-state index in [0.29, 0.717) is 21.7 Å². The molecule has 43 heavy (non-hydrogen) atoms. The van der Waals surface area contributed by atoms with E-state index in [-0.39, 0.29) is 45.1 Å². The second kappa shape index (κ2) is 12.7. The van der Waals surface area contributed by atoms with Crippen molar-refractivity contribution in [2.75, 3.05) is 38.1 Å². The standard InChI is InChI=1S/C27H28ClF3N4O7S/c1-6-41-25(37)18-12(3)21(26(38)42-7-2)43-24(18)33-23(36)20-19(28)22-32-14(11-17(27(29,30)31)35(22)34-20)13-8-9-15(39-4)16(10-13)40-5/h8-10,14,17,32H,6-7,11H2,1-5H3,(H,33,36)/t14-,17-/m1/s1. The highest BCUT2D eigenvalue weighted by Crippen LogP contribution is 2.47. The molecule has 2 atom stereocenters. The predicted molar refractivity (Wildman–Crippen MR) is 152 cm³/mol. The highest BCUT2D eigenvalue weighted by atomic mass is 35.5. The van der Waals surface area contributed by atoms with Crippen molar-refractivity contribution in [2.45, 2.75) is 45.5 Å². The molecule has 16 heteroatoms. The first-order chi connectivity index (χ1) is 20.4. The lowest BCUT2D eigenvalue weighted by atomic mass is 9.96. The number of nitrogens with one attached hydrogen (secondary N) is 2. The number of halogens is 4. The molecule has 0 fully saturated rings. The Morgan fingerprint density at radius 3 is 2.37 bits per heavy atom. The molecule has 4 rings (SSSR count). The molecule has 0 spiro atoms. The Labute approximate surface area is 253 Å². The van der Waals surface area contributed by atoms with Gasteiger partial charge in [-0.2, -0.15) is 18.3 Å². The smallest absolute Gasteiger partial charge is 0.410 e. The summed E-state index contributed by atoms with van der Waals surface area (Å²) in [5.41, 5.74) is 0.0538. The van der Waals surface area contributed by atoms with Gasteiger partial charge in [-0.3, -0.25) is 4.79 Å². The molecule has 0 saturated heterocycles. The van der Waals surface area contributed by atoms with Crippen LogP contribution >= 0.6 is 22.9 Å². The third kappa shape index (κ3) is 6.22.